The van der Waals surface area contributed by atoms with E-state index < -0.39 is 0 Å². The smallest absolute Gasteiger partial charge is 0.251 e. The normalized spacial score (nSPS) is 10.4. The SMILES string of the molecule is C=CCNC(=O)c1ccc(OCC)c(COC(C)C)c1. The van der Waals surface area contributed by atoms with E-state index in [-0.39, 0.29) is 12.0 Å². The van der Waals surface area contributed by atoms with Gasteiger partial charge in [0.2, 0.25) is 0 Å². The first-order valence-corrected chi connectivity index (χ1v) is 6.84. The van der Waals surface area contributed by atoms with Crippen LogP contribution in [-0.2, 0) is 11.3 Å². The minimum Gasteiger partial charge on any atom is -0.494 e. The second-order valence-electron chi connectivity index (χ2n) is 4.61. The number of rotatable bonds is 8. The molecule has 1 amide bonds. The second kappa shape index (κ2) is 8.38. The molecule has 0 bridgehead atoms. The van der Waals surface area contributed by atoms with Crippen LogP contribution in [0.15, 0.2) is 30.9 Å². The molecule has 0 aliphatic heterocycles. The minimum atomic E-state index is -0.126. The van der Waals surface area contributed by atoms with Gasteiger partial charge in [0.15, 0.2) is 0 Å². The molecule has 0 aromatic heterocycles. The standard InChI is InChI=1S/C16H23NO3/c1-5-9-17-16(18)13-7-8-15(19-6-2)14(10-13)11-20-12(3)4/h5,7-8,10,12H,1,6,9,11H2,2-4H3,(H,17,18). The maximum Gasteiger partial charge on any atom is 0.251 e. The molecule has 20 heavy (non-hydrogen) atoms. The molecule has 1 rings (SSSR count). The van der Waals surface area contributed by atoms with Gasteiger partial charge in [-0.05, 0) is 39.0 Å². The van der Waals surface area contributed by atoms with E-state index in [9.17, 15) is 4.79 Å². The molecule has 0 atom stereocenters. The lowest BCUT2D eigenvalue weighted by Gasteiger charge is -2.14. The van der Waals surface area contributed by atoms with Gasteiger partial charge < -0.3 is 14.8 Å². The summed E-state index contributed by atoms with van der Waals surface area (Å²) < 4.78 is 11.2. The Hall–Kier alpha value is -1.81. The van der Waals surface area contributed by atoms with Crippen molar-refractivity contribution in [1.82, 2.24) is 5.32 Å². The van der Waals surface area contributed by atoms with Gasteiger partial charge in [0.1, 0.15) is 5.75 Å². The summed E-state index contributed by atoms with van der Waals surface area (Å²) >= 11 is 0. The van der Waals surface area contributed by atoms with Crippen LogP contribution in [0.1, 0.15) is 36.7 Å². The molecule has 4 nitrogen and oxygen atoms in total. The van der Waals surface area contributed by atoms with E-state index in [4.69, 9.17) is 9.47 Å². The Bertz CT molecular complexity index is 455. The number of carbonyl (C=O) groups excluding carboxylic acids is 1. The predicted octanol–water partition coefficient (Wildman–Crippen LogP) is 2.93. The molecule has 0 spiro atoms. The molecule has 0 unspecified atom stereocenters. The van der Waals surface area contributed by atoms with E-state index in [1.807, 2.05) is 32.9 Å². The van der Waals surface area contributed by atoms with Crippen molar-refractivity contribution in [3.8, 4) is 5.75 Å². The van der Waals surface area contributed by atoms with Crippen molar-refractivity contribution in [3.63, 3.8) is 0 Å². The van der Waals surface area contributed by atoms with Gasteiger partial charge in [-0.1, -0.05) is 6.08 Å². The highest BCUT2D eigenvalue weighted by molar-refractivity contribution is 5.94. The highest BCUT2D eigenvalue weighted by Crippen LogP contribution is 2.22. The van der Waals surface area contributed by atoms with E-state index >= 15 is 0 Å². The molecule has 1 N–H and O–H groups in total. The van der Waals surface area contributed by atoms with Gasteiger partial charge in [0.25, 0.3) is 5.91 Å². The van der Waals surface area contributed by atoms with E-state index in [0.717, 1.165) is 11.3 Å². The van der Waals surface area contributed by atoms with Crippen LogP contribution in [-0.4, -0.2) is 25.2 Å². The summed E-state index contributed by atoms with van der Waals surface area (Å²) in [6, 6.07) is 5.37. The van der Waals surface area contributed by atoms with E-state index in [0.29, 0.717) is 25.3 Å². The Morgan fingerprint density at radius 3 is 2.80 bits per heavy atom. The highest BCUT2D eigenvalue weighted by Gasteiger charge is 2.10. The molecule has 0 aliphatic carbocycles. The number of hydrogen-bond donors (Lipinski definition) is 1. The predicted molar refractivity (Wildman–Crippen MR) is 80.1 cm³/mol. The Balaban J connectivity index is 2.90. The molecule has 0 heterocycles. The number of nitrogens with one attached hydrogen (secondary N) is 1. The first-order valence-electron chi connectivity index (χ1n) is 6.84. The van der Waals surface area contributed by atoms with Gasteiger partial charge in [0.05, 0.1) is 19.3 Å². The number of carbonyl (C=O) groups is 1. The Kier molecular flexibility index (Phi) is 6.81. The van der Waals surface area contributed by atoms with Crippen molar-refractivity contribution in [2.75, 3.05) is 13.2 Å². The number of ether oxygens (including phenoxy) is 2. The van der Waals surface area contributed by atoms with E-state index in [1.165, 1.54) is 0 Å². The lowest BCUT2D eigenvalue weighted by atomic mass is 10.1. The van der Waals surface area contributed by atoms with Crippen LogP contribution in [0.25, 0.3) is 0 Å². The largest absolute Gasteiger partial charge is 0.494 e. The first kappa shape index (κ1) is 16.2. The van der Waals surface area contributed by atoms with Crippen molar-refractivity contribution in [3.05, 3.63) is 42.0 Å². The van der Waals surface area contributed by atoms with Gasteiger partial charge in [-0.3, -0.25) is 4.79 Å². The third kappa shape index (κ3) is 5.05. The second-order valence-corrected chi connectivity index (χ2v) is 4.61. The summed E-state index contributed by atoms with van der Waals surface area (Å²) in [5.74, 6) is 0.632. The fourth-order valence-electron chi connectivity index (χ4n) is 1.65. The zero-order valence-electron chi connectivity index (χ0n) is 12.4. The quantitative estimate of drug-likeness (QED) is 0.743. The van der Waals surface area contributed by atoms with Crippen molar-refractivity contribution >= 4 is 5.91 Å². The Morgan fingerprint density at radius 1 is 1.45 bits per heavy atom. The lowest BCUT2D eigenvalue weighted by Crippen LogP contribution is -2.23. The maximum atomic E-state index is 11.9. The van der Waals surface area contributed by atoms with E-state index in [1.54, 1.807) is 12.1 Å². The van der Waals surface area contributed by atoms with Gasteiger partial charge in [-0.2, -0.15) is 0 Å². The molecular formula is C16H23NO3. The topological polar surface area (TPSA) is 47.6 Å². The van der Waals surface area contributed by atoms with Crippen LogP contribution < -0.4 is 10.1 Å². The lowest BCUT2D eigenvalue weighted by molar-refractivity contribution is 0.0641. The third-order valence-corrected chi connectivity index (χ3v) is 2.60. The third-order valence-electron chi connectivity index (χ3n) is 2.60. The molecule has 1 aromatic carbocycles. The molecular weight excluding hydrogens is 254 g/mol. The van der Waals surface area contributed by atoms with Crippen molar-refractivity contribution in [2.24, 2.45) is 0 Å². The maximum absolute atomic E-state index is 11.9. The summed E-state index contributed by atoms with van der Waals surface area (Å²) in [4.78, 5) is 11.9. The number of amides is 1. The average molecular weight is 277 g/mol. The van der Waals surface area contributed by atoms with Crippen molar-refractivity contribution < 1.29 is 14.3 Å². The molecule has 1 aromatic rings. The van der Waals surface area contributed by atoms with Crippen molar-refractivity contribution in [2.45, 2.75) is 33.5 Å². The molecule has 0 saturated carbocycles. The van der Waals surface area contributed by atoms with Crippen LogP contribution in [0.3, 0.4) is 0 Å². The fraction of sp³-hybridized carbons (Fsp3) is 0.438. The fourth-order valence-corrected chi connectivity index (χ4v) is 1.65. The first-order chi connectivity index (χ1) is 9.58. The van der Waals surface area contributed by atoms with Gasteiger partial charge >= 0.3 is 0 Å². The van der Waals surface area contributed by atoms with Crippen LogP contribution in [0, 0.1) is 0 Å². The van der Waals surface area contributed by atoms with Crippen molar-refractivity contribution in [1.29, 1.82) is 0 Å². The Labute approximate surface area is 120 Å². The summed E-state index contributed by atoms with van der Waals surface area (Å²) in [7, 11) is 0. The monoisotopic (exact) mass is 277 g/mol. The minimum absolute atomic E-state index is 0.126. The zero-order chi connectivity index (χ0) is 15.0. The van der Waals surface area contributed by atoms with E-state index in [2.05, 4.69) is 11.9 Å². The van der Waals surface area contributed by atoms with Gasteiger partial charge in [-0.15, -0.1) is 6.58 Å². The van der Waals surface area contributed by atoms with Gasteiger partial charge in [-0.25, -0.2) is 0 Å². The summed E-state index contributed by atoms with van der Waals surface area (Å²) in [5, 5.41) is 2.75. The summed E-state index contributed by atoms with van der Waals surface area (Å²) in [6.07, 6.45) is 1.78. The molecule has 0 aliphatic rings. The average Bonchev–Trinajstić information content (AvgIpc) is 2.43. The molecule has 110 valence electrons. The number of hydrogen-bond acceptors (Lipinski definition) is 3. The zero-order valence-corrected chi connectivity index (χ0v) is 12.4. The molecule has 0 saturated heterocycles. The molecule has 4 heteroatoms. The summed E-state index contributed by atoms with van der Waals surface area (Å²) in [6.45, 7) is 10.9. The van der Waals surface area contributed by atoms with Crippen LogP contribution in [0.4, 0.5) is 0 Å². The number of benzene rings is 1. The molecule has 0 radical (unpaired) electrons. The van der Waals surface area contributed by atoms with Gasteiger partial charge in [0, 0.05) is 17.7 Å². The molecule has 0 fully saturated rings. The van der Waals surface area contributed by atoms with Crippen LogP contribution in [0.5, 0.6) is 5.75 Å². The van der Waals surface area contributed by atoms with Crippen LogP contribution >= 0.6 is 0 Å². The highest BCUT2D eigenvalue weighted by atomic mass is 16.5. The summed E-state index contributed by atoms with van der Waals surface area (Å²) in [5.41, 5.74) is 1.48. The van der Waals surface area contributed by atoms with Crippen LogP contribution in [0.2, 0.25) is 0 Å². The Morgan fingerprint density at radius 2 is 2.20 bits per heavy atom.